The minimum atomic E-state index is -0.341. The average Bonchev–Trinajstić information content (AvgIpc) is 2.85. The molecule has 1 amide bonds. The number of benzene rings is 1. The van der Waals surface area contributed by atoms with E-state index in [1.165, 1.54) is 0 Å². The van der Waals surface area contributed by atoms with Gasteiger partial charge < -0.3 is 9.88 Å². The predicted octanol–water partition coefficient (Wildman–Crippen LogP) is 2.94. The molecule has 0 fully saturated rings. The van der Waals surface area contributed by atoms with Gasteiger partial charge in [0.2, 0.25) is 5.91 Å². The van der Waals surface area contributed by atoms with Crippen molar-refractivity contribution in [2.45, 2.75) is 39.8 Å². The van der Waals surface area contributed by atoms with E-state index in [0.717, 1.165) is 11.0 Å². The lowest BCUT2D eigenvalue weighted by Crippen LogP contribution is -2.30. The number of imidazole rings is 1. The second kappa shape index (κ2) is 6.13. The number of amides is 1. The number of carbonyl (C=O) groups excluding carboxylic acids is 2. The van der Waals surface area contributed by atoms with Gasteiger partial charge in [-0.25, -0.2) is 4.98 Å². The third-order valence-corrected chi connectivity index (χ3v) is 3.72. The second-order valence-corrected chi connectivity index (χ2v) is 5.59. The smallest absolute Gasteiger partial charge is 0.246 e. The molecular formula is C17H21N3O2. The van der Waals surface area contributed by atoms with Crippen LogP contribution in [-0.4, -0.2) is 21.2 Å². The number of nitrogens with zero attached hydrogens (tertiary/aromatic N) is 2. The molecule has 1 heterocycles. The van der Waals surface area contributed by atoms with Crippen molar-refractivity contribution >= 4 is 22.7 Å². The van der Waals surface area contributed by atoms with Crippen LogP contribution in [0.5, 0.6) is 0 Å². The van der Waals surface area contributed by atoms with Crippen molar-refractivity contribution in [3.05, 3.63) is 42.2 Å². The van der Waals surface area contributed by atoms with Gasteiger partial charge in [0.1, 0.15) is 5.82 Å². The van der Waals surface area contributed by atoms with Crippen molar-refractivity contribution in [1.29, 1.82) is 0 Å². The number of fused-ring (bicyclic) bond motifs is 1. The summed E-state index contributed by atoms with van der Waals surface area (Å²) in [6.45, 7) is 10.5. The Hall–Kier alpha value is -2.43. The highest BCUT2D eigenvalue weighted by Crippen LogP contribution is 2.25. The van der Waals surface area contributed by atoms with Crippen LogP contribution in [0.4, 0.5) is 0 Å². The van der Waals surface area contributed by atoms with Crippen molar-refractivity contribution in [2.75, 3.05) is 0 Å². The number of rotatable bonds is 5. The zero-order valence-corrected chi connectivity index (χ0v) is 13.4. The van der Waals surface area contributed by atoms with Crippen LogP contribution in [0.3, 0.4) is 0 Å². The number of ketones is 1. The molecule has 5 nitrogen and oxygen atoms in total. The molecule has 0 saturated heterocycles. The highest BCUT2D eigenvalue weighted by atomic mass is 16.1. The van der Waals surface area contributed by atoms with E-state index in [9.17, 15) is 9.59 Å². The van der Waals surface area contributed by atoms with Gasteiger partial charge in [0.15, 0.2) is 5.78 Å². The first-order valence-corrected chi connectivity index (χ1v) is 7.26. The minimum absolute atomic E-state index is 0.0443. The molecule has 1 aromatic heterocycles. The molecule has 0 saturated carbocycles. The molecule has 22 heavy (non-hydrogen) atoms. The lowest BCUT2D eigenvalue weighted by atomic mass is 10.2. The number of para-hydroxylation sites is 2. The van der Waals surface area contributed by atoms with E-state index in [2.05, 4.69) is 16.9 Å². The number of nitrogens with one attached hydrogen (secondary N) is 1. The predicted molar refractivity (Wildman–Crippen MR) is 86.5 cm³/mol. The fraction of sp³-hybridized carbons (Fsp3) is 0.353. The molecule has 0 aliphatic rings. The third-order valence-electron chi connectivity index (χ3n) is 3.72. The van der Waals surface area contributed by atoms with Crippen LogP contribution in [-0.2, 0) is 9.59 Å². The van der Waals surface area contributed by atoms with Crippen LogP contribution in [0.25, 0.3) is 11.0 Å². The lowest BCUT2D eigenvalue weighted by Gasteiger charge is -2.19. The van der Waals surface area contributed by atoms with Gasteiger partial charge in [-0.1, -0.05) is 18.7 Å². The topological polar surface area (TPSA) is 64.0 Å². The first-order valence-electron chi connectivity index (χ1n) is 7.26. The van der Waals surface area contributed by atoms with E-state index in [1.54, 1.807) is 13.8 Å². The molecule has 0 bridgehead atoms. The van der Waals surface area contributed by atoms with Crippen molar-refractivity contribution in [2.24, 2.45) is 0 Å². The van der Waals surface area contributed by atoms with Crippen LogP contribution in [0.15, 0.2) is 36.4 Å². The summed E-state index contributed by atoms with van der Waals surface area (Å²) in [6, 6.07) is 6.98. The van der Waals surface area contributed by atoms with Crippen molar-refractivity contribution < 1.29 is 9.59 Å². The van der Waals surface area contributed by atoms with Crippen LogP contribution in [0, 0.1) is 0 Å². The maximum Gasteiger partial charge on any atom is 0.246 e. The lowest BCUT2D eigenvalue weighted by molar-refractivity contribution is -0.119. The molecule has 1 N–H and O–H groups in total. The molecule has 1 aromatic carbocycles. The molecule has 116 valence electrons. The molecule has 2 aromatic rings. The van der Waals surface area contributed by atoms with Gasteiger partial charge in [0, 0.05) is 5.57 Å². The van der Waals surface area contributed by atoms with Crippen molar-refractivity contribution in [1.82, 2.24) is 14.9 Å². The largest absolute Gasteiger partial charge is 0.343 e. The molecule has 2 unspecified atom stereocenters. The number of Topliss-reactive ketones (excluding diaryl/α,β-unsaturated/α-hetero) is 1. The Balaban J connectivity index is 2.52. The first-order chi connectivity index (χ1) is 10.3. The molecule has 2 atom stereocenters. The van der Waals surface area contributed by atoms with Crippen LogP contribution in [0.2, 0.25) is 0 Å². The second-order valence-electron chi connectivity index (χ2n) is 5.59. The van der Waals surface area contributed by atoms with E-state index < -0.39 is 0 Å². The Kier molecular flexibility index (Phi) is 4.45. The maximum atomic E-state index is 11.8. The van der Waals surface area contributed by atoms with Gasteiger partial charge in [-0.3, -0.25) is 9.59 Å². The first kappa shape index (κ1) is 15.9. The quantitative estimate of drug-likeness (QED) is 0.863. The van der Waals surface area contributed by atoms with Crippen LogP contribution < -0.4 is 5.32 Å². The van der Waals surface area contributed by atoms with E-state index in [-0.39, 0.29) is 23.8 Å². The van der Waals surface area contributed by atoms with E-state index in [1.807, 2.05) is 42.7 Å². The van der Waals surface area contributed by atoms with E-state index >= 15 is 0 Å². The summed E-state index contributed by atoms with van der Waals surface area (Å²) < 4.78 is 1.89. The van der Waals surface area contributed by atoms with Crippen molar-refractivity contribution in [3.8, 4) is 0 Å². The molecule has 0 aliphatic carbocycles. The fourth-order valence-electron chi connectivity index (χ4n) is 2.34. The molecule has 5 heteroatoms. The van der Waals surface area contributed by atoms with Gasteiger partial charge in [-0.2, -0.15) is 0 Å². The summed E-state index contributed by atoms with van der Waals surface area (Å²) in [6.07, 6.45) is 0. The van der Waals surface area contributed by atoms with Gasteiger partial charge in [0.25, 0.3) is 0 Å². The number of carbonyl (C=O) groups is 2. The molecule has 0 spiro atoms. The summed E-state index contributed by atoms with van der Waals surface area (Å²) >= 11 is 0. The molecular weight excluding hydrogens is 278 g/mol. The average molecular weight is 299 g/mol. The summed E-state index contributed by atoms with van der Waals surface area (Å²) in [7, 11) is 0. The van der Waals surface area contributed by atoms with Crippen LogP contribution in [0.1, 0.15) is 45.6 Å². The summed E-state index contributed by atoms with van der Waals surface area (Å²) in [5.41, 5.74) is 2.13. The zero-order valence-electron chi connectivity index (χ0n) is 13.4. The van der Waals surface area contributed by atoms with E-state index in [4.69, 9.17) is 0 Å². The monoisotopic (exact) mass is 299 g/mol. The van der Waals surface area contributed by atoms with Gasteiger partial charge in [0.05, 0.1) is 23.1 Å². The number of hydrogen-bond acceptors (Lipinski definition) is 3. The Morgan fingerprint density at radius 1 is 1.23 bits per heavy atom. The molecule has 0 radical (unpaired) electrons. The summed E-state index contributed by atoms with van der Waals surface area (Å²) in [5, 5.41) is 2.86. The highest BCUT2D eigenvalue weighted by molar-refractivity contribution is 5.92. The Labute approximate surface area is 130 Å². The minimum Gasteiger partial charge on any atom is -0.343 e. The normalized spacial score (nSPS) is 13.6. The van der Waals surface area contributed by atoms with Crippen molar-refractivity contribution in [3.63, 3.8) is 0 Å². The third kappa shape index (κ3) is 2.93. The Morgan fingerprint density at radius 3 is 2.45 bits per heavy atom. The highest BCUT2D eigenvalue weighted by Gasteiger charge is 2.23. The zero-order chi connectivity index (χ0) is 16.4. The Bertz CT molecular complexity index is 745. The standard InChI is InChI=1S/C17H21N3O2/c1-10(2)17(22)18-11(3)16-19-14-8-6-7-9-15(14)20(16)12(4)13(5)21/h6-9,11-12H,1H2,2-5H3,(H,18,22). The molecule has 0 aliphatic heterocycles. The fourth-order valence-corrected chi connectivity index (χ4v) is 2.34. The Morgan fingerprint density at radius 2 is 1.86 bits per heavy atom. The molecule has 2 rings (SSSR count). The van der Waals surface area contributed by atoms with Gasteiger partial charge in [-0.15, -0.1) is 0 Å². The summed E-state index contributed by atoms with van der Waals surface area (Å²) in [4.78, 5) is 28.3. The number of hydrogen-bond donors (Lipinski definition) is 1. The van der Waals surface area contributed by atoms with Crippen LogP contribution >= 0.6 is 0 Å². The SMILES string of the molecule is C=C(C)C(=O)NC(C)c1nc2ccccc2n1C(C)C(C)=O. The number of aromatic nitrogens is 2. The summed E-state index contributed by atoms with van der Waals surface area (Å²) in [5.74, 6) is 0.489. The maximum absolute atomic E-state index is 11.8. The van der Waals surface area contributed by atoms with E-state index in [0.29, 0.717) is 11.4 Å². The van der Waals surface area contributed by atoms with Gasteiger partial charge >= 0.3 is 0 Å². The van der Waals surface area contributed by atoms with Gasteiger partial charge in [-0.05, 0) is 39.8 Å².